The fraction of sp³-hybridized carbons (Fsp3) is 0.385. The van der Waals surface area contributed by atoms with Crippen molar-refractivity contribution >= 4 is 11.9 Å². The molecule has 1 aromatic carbocycles. The van der Waals surface area contributed by atoms with Gasteiger partial charge in [0.1, 0.15) is 6.61 Å². The standard InChI is InChI=1S/C13H17NO6/c1-18-10-4-2-3-5-11(10)20-8-12(15)14-6-7-19-9-13(16)17/h2-5H,6-9H2,1H3,(H,14,15)(H,16,17). The second kappa shape index (κ2) is 8.76. The Morgan fingerprint density at radius 1 is 1.20 bits per heavy atom. The molecule has 7 heteroatoms. The van der Waals surface area contributed by atoms with Crippen LogP contribution in [0.4, 0.5) is 0 Å². The van der Waals surface area contributed by atoms with Gasteiger partial charge in [0.05, 0.1) is 13.7 Å². The highest BCUT2D eigenvalue weighted by Crippen LogP contribution is 2.25. The number of ether oxygens (including phenoxy) is 3. The minimum absolute atomic E-state index is 0.132. The minimum atomic E-state index is -1.05. The SMILES string of the molecule is COc1ccccc1OCC(=O)NCCOCC(=O)O. The van der Waals surface area contributed by atoms with Crippen molar-refractivity contribution < 1.29 is 28.9 Å². The van der Waals surface area contributed by atoms with Gasteiger partial charge in [0.15, 0.2) is 18.1 Å². The quantitative estimate of drug-likeness (QED) is 0.633. The summed E-state index contributed by atoms with van der Waals surface area (Å²) in [7, 11) is 1.52. The van der Waals surface area contributed by atoms with Crippen LogP contribution >= 0.6 is 0 Å². The molecule has 0 aliphatic rings. The zero-order chi connectivity index (χ0) is 14.8. The molecule has 0 aliphatic carbocycles. The Balaban J connectivity index is 2.21. The maximum absolute atomic E-state index is 11.5. The Bertz CT molecular complexity index is 448. The highest BCUT2D eigenvalue weighted by molar-refractivity contribution is 5.77. The summed E-state index contributed by atoms with van der Waals surface area (Å²) in [6.45, 7) is -0.180. The summed E-state index contributed by atoms with van der Waals surface area (Å²) in [6.07, 6.45) is 0. The number of aliphatic carboxylic acids is 1. The minimum Gasteiger partial charge on any atom is -0.493 e. The molecular formula is C13H17NO6. The summed E-state index contributed by atoms with van der Waals surface area (Å²) in [6, 6.07) is 7.00. The summed E-state index contributed by atoms with van der Waals surface area (Å²) in [5.74, 6) is -0.344. The van der Waals surface area contributed by atoms with Gasteiger partial charge in [0.25, 0.3) is 5.91 Å². The first-order valence-corrected chi connectivity index (χ1v) is 5.95. The number of carbonyl (C=O) groups is 2. The number of hydrogen-bond acceptors (Lipinski definition) is 5. The van der Waals surface area contributed by atoms with E-state index in [0.717, 1.165) is 0 Å². The zero-order valence-corrected chi connectivity index (χ0v) is 11.1. The molecule has 0 aliphatic heterocycles. The van der Waals surface area contributed by atoms with Crippen LogP contribution in [-0.2, 0) is 14.3 Å². The van der Waals surface area contributed by atoms with Crippen LogP contribution in [0.5, 0.6) is 11.5 Å². The Kier molecular flexibility index (Phi) is 6.91. The molecule has 0 aromatic heterocycles. The molecular weight excluding hydrogens is 266 g/mol. The van der Waals surface area contributed by atoms with E-state index < -0.39 is 5.97 Å². The lowest BCUT2D eigenvalue weighted by molar-refractivity contribution is -0.142. The van der Waals surface area contributed by atoms with E-state index >= 15 is 0 Å². The number of hydrogen-bond donors (Lipinski definition) is 2. The van der Waals surface area contributed by atoms with Crippen molar-refractivity contribution in [1.82, 2.24) is 5.32 Å². The third-order valence-corrected chi connectivity index (χ3v) is 2.22. The Labute approximate surface area is 116 Å². The lowest BCUT2D eigenvalue weighted by Gasteiger charge is -2.10. The van der Waals surface area contributed by atoms with E-state index in [1.165, 1.54) is 7.11 Å². The molecule has 0 fully saturated rings. The largest absolute Gasteiger partial charge is 0.493 e. The van der Waals surface area contributed by atoms with Crippen molar-refractivity contribution in [3.05, 3.63) is 24.3 Å². The molecule has 1 rings (SSSR count). The van der Waals surface area contributed by atoms with E-state index in [4.69, 9.17) is 19.3 Å². The number of rotatable bonds is 9. The zero-order valence-electron chi connectivity index (χ0n) is 11.1. The number of amides is 1. The Morgan fingerprint density at radius 2 is 1.90 bits per heavy atom. The normalized spacial score (nSPS) is 9.85. The van der Waals surface area contributed by atoms with Gasteiger partial charge in [-0.05, 0) is 12.1 Å². The van der Waals surface area contributed by atoms with Gasteiger partial charge >= 0.3 is 5.97 Å². The van der Waals surface area contributed by atoms with Crippen molar-refractivity contribution in [3.8, 4) is 11.5 Å². The summed E-state index contributed by atoms with van der Waals surface area (Å²) in [5, 5.41) is 10.9. The third-order valence-electron chi connectivity index (χ3n) is 2.22. The molecule has 0 bridgehead atoms. The molecule has 0 spiro atoms. The van der Waals surface area contributed by atoms with Crippen LogP contribution in [0.1, 0.15) is 0 Å². The highest BCUT2D eigenvalue weighted by atomic mass is 16.5. The molecule has 7 nitrogen and oxygen atoms in total. The molecule has 0 atom stereocenters. The lowest BCUT2D eigenvalue weighted by atomic mass is 10.3. The number of benzene rings is 1. The average Bonchev–Trinajstić information content (AvgIpc) is 2.44. The molecule has 1 amide bonds. The van der Waals surface area contributed by atoms with Gasteiger partial charge in [-0.25, -0.2) is 4.79 Å². The first-order valence-electron chi connectivity index (χ1n) is 5.95. The van der Waals surface area contributed by atoms with Gasteiger partial charge in [-0.1, -0.05) is 12.1 Å². The number of nitrogens with one attached hydrogen (secondary N) is 1. The van der Waals surface area contributed by atoms with Gasteiger partial charge in [-0.3, -0.25) is 4.79 Å². The van der Waals surface area contributed by atoms with Crippen LogP contribution < -0.4 is 14.8 Å². The predicted molar refractivity (Wildman–Crippen MR) is 70.0 cm³/mol. The average molecular weight is 283 g/mol. The maximum Gasteiger partial charge on any atom is 0.329 e. The molecule has 20 heavy (non-hydrogen) atoms. The van der Waals surface area contributed by atoms with E-state index in [1.54, 1.807) is 24.3 Å². The lowest BCUT2D eigenvalue weighted by Crippen LogP contribution is -2.32. The van der Waals surface area contributed by atoms with Crippen molar-refractivity contribution in [2.24, 2.45) is 0 Å². The van der Waals surface area contributed by atoms with Crippen molar-refractivity contribution in [1.29, 1.82) is 0 Å². The summed E-state index contributed by atoms with van der Waals surface area (Å²) >= 11 is 0. The van der Waals surface area contributed by atoms with Crippen molar-refractivity contribution in [2.75, 3.05) is 33.5 Å². The predicted octanol–water partition coefficient (Wildman–Crippen LogP) is 0.291. The fourth-order valence-electron chi connectivity index (χ4n) is 1.35. The topological polar surface area (TPSA) is 94.1 Å². The van der Waals surface area contributed by atoms with E-state index in [9.17, 15) is 9.59 Å². The van der Waals surface area contributed by atoms with Crippen LogP contribution in [-0.4, -0.2) is 50.5 Å². The third kappa shape index (κ3) is 6.05. The molecule has 0 saturated heterocycles. The van der Waals surface area contributed by atoms with E-state index in [2.05, 4.69) is 5.32 Å². The van der Waals surface area contributed by atoms with Crippen molar-refractivity contribution in [3.63, 3.8) is 0 Å². The molecule has 110 valence electrons. The maximum atomic E-state index is 11.5. The van der Waals surface area contributed by atoms with Crippen LogP contribution in [0.15, 0.2) is 24.3 Å². The first kappa shape index (κ1) is 15.8. The first-order chi connectivity index (χ1) is 9.63. The second-order valence-electron chi connectivity index (χ2n) is 3.74. The number of para-hydroxylation sites is 2. The molecule has 1 aromatic rings. The van der Waals surface area contributed by atoms with Gasteiger partial charge < -0.3 is 24.6 Å². The second-order valence-corrected chi connectivity index (χ2v) is 3.74. The van der Waals surface area contributed by atoms with E-state index in [1.807, 2.05) is 0 Å². The number of carboxylic acid groups (broad SMARTS) is 1. The molecule has 0 heterocycles. The van der Waals surface area contributed by atoms with E-state index in [0.29, 0.717) is 11.5 Å². The number of methoxy groups -OCH3 is 1. The van der Waals surface area contributed by atoms with E-state index in [-0.39, 0.29) is 32.3 Å². The fourth-order valence-corrected chi connectivity index (χ4v) is 1.35. The van der Waals surface area contributed by atoms with Gasteiger partial charge in [0.2, 0.25) is 0 Å². The smallest absolute Gasteiger partial charge is 0.329 e. The summed E-state index contributed by atoms with van der Waals surface area (Å²) < 4.78 is 15.2. The van der Waals surface area contributed by atoms with Crippen molar-refractivity contribution in [2.45, 2.75) is 0 Å². The number of carboxylic acids is 1. The van der Waals surface area contributed by atoms with Crippen LogP contribution in [0.2, 0.25) is 0 Å². The molecule has 0 saturated carbocycles. The van der Waals surface area contributed by atoms with Crippen LogP contribution in [0.3, 0.4) is 0 Å². The Morgan fingerprint density at radius 3 is 2.55 bits per heavy atom. The number of carbonyl (C=O) groups excluding carboxylic acids is 1. The van der Waals surface area contributed by atoms with Gasteiger partial charge in [-0.2, -0.15) is 0 Å². The summed E-state index contributed by atoms with van der Waals surface area (Å²) in [4.78, 5) is 21.6. The summed E-state index contributed by atoms with van der Waals surface area (Å²) in [5.41, 5.74) is 0. The Hall–Kier alpha value is -2.28. The molecule has 2 N–H and O–H groups in total. The van der Waals surface area contributed by atoms with Gasteiger partial charge in [-0.15, -0.1) is 0 Å². The highest BCUT2D eigenvalue weighted by Gasteiger charge is 2.06. The molecule has 0 unspecified atom stereocenters. The van der Waals surface area contributed by atoms with Crippen LogP contribution in [0, 0.1) is 0 Å². The van der Waals surface area contributed by atoms with Crippen LogP contribution in [0.25, 0.3) is 0 Å². The molecule has 0 radical (unpaired) electrons. The van der Waals surface area contributed by atoms with Gasteiger partial charge in [0, 0.05) is 6.54 Å². The monoisotopic (exact) mass is 283 g/mol.